The number of fused-ring (bicyclic) bond motifs is 1. The first-order chi connectivity index (χ1) is 9.13. The van der Waals surface area contributed by atoms with Gasteiger partial charge in [0.1, 0.15) is 0 Å². The Balaban J connectivity index is 1.80. The predicted molar refractivity (Wildman–Crippen MR) is 78.6 cm³/mol. The minimum Gasteiger partial charge on any atom is -0.384 e. The molecule has 1 aromatic rings. The summed E-state index contributed by atoms with van der Waals surface area (Å²) in [6.45, 7) is 5.56. The summed E-state index contributed by atoms with van der Waals surface area (Å²) >= 11 is 0. The molecule has 0 bridgehead atoms. The van der Waals surface area contributed by atoms with E-state index in [2.05, 4.69) is 31.3 Å². The number of benzene rings is 1. The summed E-state index contributed by atoms with van der Waals surface area (Å²) in [7, 11) is 0. The molecule has 2 aliphatic rings. The van der Waals surface area contributed by atoms with Crippen molar-refractivity contribution in [1.82, 2.24) is 0 Å². The number of rotatable bonds is 2. The lowest BCUT2D eigenvalue weighted by molar-refractivity contribution is 0.0836. The van der Waals surface area contributed by atoms with E-state index in [4.69, 9.17) is 0 Å². The summed E-state index contributed by atoms with van der Waals surface area (Å²) in [5, 5.41) is 3.36. The molecule has 1 saturated carbocycles. The fourth-order valence-electron chi connectivity index (χ4n) is 3.84. The second-order valence-electron chi connectivity index (χ2n) is 6.53. The number of hydrogen-bond donors (Lipinski definition) is 1. The minimum atomic E-state index is 0.234. The number of hydrogen-bond acceptors (Lipinski definition) is 2. The topological polar surface area (TPSA) is 29.1 Å². The highest BCUT2D eigenvalue weighted by Crippen LogP contribution is 2.35. The Hall–Kier alpha value is -1.31. The van der Waals surface area contributed by atoms with E-state index in [-0.39, 0.29) is 5.92 Å². The third-order valence-electron chi connectivity index (χ3n) is 4.65. The molecule has 19 heavy (non-hydrogen) atoms. The Labute approximate surface area is 115 Å². The first-order valence-corrected chi connectivity index (χ1v) is 7.54. The van der Waals surface area contributed by atoms with Crippen molar-refractivity contribution < 1.29 is 4.79 Å². The normalized spacial score (nSPS) is 29.7. The third kappa shape index (κ3) is 2.54. The first-order valence-electron chi connectivity index (χ1n) is 7.54. The van der Waals surface area contributed by atoms with Crippen LogP contribution in [0.2, 0.25) is 0 Å². The van der Waals surface area contributed by atoms with Crippen LogP contribution in [0, 0.1) is 17.8 Å². The molecule has 1 aromatic carbocycles. The monoisotopic (exact) mass is 257 g/mol. The molecule has 1 N–H and O–H groups in total. The van der Waals surface area contributed by atoms with E-state index in [1.807, 2.05) is 6.07 Å². The standard InChI is InChI=1S/C17H23NO/c1-11-7-12(2)9-15(8-11)17(19)14-4-3-13-5-6-18-16(13)10-14/h3-4,10-12,15,18H,5-9H2,1-2H3. The van der Waals surface area contributed by atoms with E-state index in [0.29, 0.717) is 17.6 Å². The Kier molecular flexibility index (Phi) is 3.34. The summed E-state index contributed by atoms with van der Waals surface area (Å²) in [6, 6.07) is 6.21. The molecular weight excluding hydrogens is 234 g/mol. The van der Waals surface area contributed by atoms with Gasteiger partial charge in [0.2, 0.25) is 0 Å². The SMILES string of the molecule is CC1CC(C)CC(C(=O)c2ccc3c(c2)NCC3)C1. The molecule has 1 heterocycles. The van der Waals surface area contributed by atoms with Gasteiger partial charge in [-0.25, -0.2) is 0 Å². The Bertz CT molecular complexity index is 484. The van der Waals surface area contributed by atoms with Crippen molar-refractivity contribution in [1.29, 1.82) is 0 Å². The average Bonchev–Trinajstić information content (AvgIpc) is 2.83. The van der Waals surface area contributed by atoms with Gasteiger partial charge in [0.15, 0.2) is 5.78 Å². The zero-order chi connectivity index (χ0) is 13.4. The number of Topliss-reactive ketones (excluding diaryl/α,β-unsaturated/α-hetero) is 1. The quantitative estimate of drug-likeness (QED) is 0.814. The van der Waals surface area contributed by atoms with Crippen molar-refractivity contribution in [3.05, 3.63) is 29.3 Å². The molecule has 2 nitrogen and oxygen atoms in total. The van der Waals surface area contributed by atoms with Crippen LogP contribution in [0.4, 0.5) is 5.69 Å². The molecule has 3 rings (SSSR count). The molecule has 0 aromatic heterocycles. The van der Waals surface area contributed by atoms with Gasteiger partial charge in [-0.05, 0) is 49.1 Å². The molecule has 102 valence electrons. The van der Waals surface area contributed by atoms with Crippen LogP contribution < -0.4 is 5.32 Å². The van der Waals surface area contributed by atoms with Gasteiger partial charge in [-0.2, -0.15) is 0 Å². The summed E-state index contributed by atoms with van der Waals surface area (Å²) in [5.74, 6) is 1.96. The number of carbonyl (C=O) groups is 1. The maximum atomic E-state index is 12.7. The summed E-state index contributed by atoms with van der Waals surface area (Å²) in [5.41, 5.74) is 3.42. The van der Waals surface area contributed by atoms with Crippen LogP contribution >= 0.6 is 0 Å². The van der Waals surface area contributed by atoms with Crippen LogP contribution in [0.3, 0.4) is 0 Å². The van der Waals surface area contributed by atoms with Crippen LogP contribution in [0.25, 0.3) is 0 Å². The highest BCUT2D eigenvalue weighted by atomic mass is 16.1. The maximum absolute atomic E-state index is 12.7. The lowest BCUT2D eigenvalue weighted by Gasteiger charge is -2.30. The van der Waals surface area contributed by atoms with Crippen LogP contribution in [0.5, 0.6) is 0 Å². The fourth-order valence-corrected chi connectivity index (χ4v) is 3.84. The molecule has 0 amide bonds. The zero-order valence-electron chi connectivity index (χ0n) is 11.9. The molecule has 2 heteroatoms. The van der Waals surface area contributed by atoms with Gasteiger partial charge in [0.25, 0.3) is 0 Å². The largest absolute Gasteiger partial charge is 0.384 e. The lowest BCUT2D eigenvalue weighted by atomic mass is 9.74. The number of carbonyl (C=O) groups excluding carboxylic acids is 1. The van der Waals surface area contributed by atoms with Crippen molar-refractivity contribution >= 4 is 11.5 Å². The van der Waals surface area contributed by atoms with E-state index in [9.17, 15) is 4.79 Å². The molecule has 1 aliphatic carbocycles. The van der Waals surface area contributed by atoms with E-state index < -0.39 is 0 Å². The predicted octanol–water partition coefficient (Wildman–Crippen LogP) is 3.91. The molecular formula is C17H23NO. The van der Waals surface area contributed by atoms with Crippen molar-refractivity contribution in [2.75, 3.05) is 11.9 Å². The van der Waals surface area contributed by atoms with E-state index in [0.717, 1.165) is 31.4 Å². The average molecular weight is 257 g/mol. The van der Waals surface area contributed by atoms with Crippen LogP contribution in [0.1, 0.15) is 49.0 Å². The zero-order valence-corrected chi connectivity index (χ0v) is 11.9. The highest BCUT2D eigenvalue weighted by Gasteiger charge is 2.29. The van der Waals surface area contributed by atoms with Crippen molar-refractivity contribution in [2.24, 2.45) is 17.8 Å². The van der Waals surface area contributed by atoms with Gasteiger partial charge in [0.05, 0.1) is 0 Å². The second-order valence-corrected chi connectivity index (χ2v) is 6.53. The molecule has 2 atom stereocenters. The van der Waals surface area contributed by atoms with E-state index in [1.54, 1.807) is 0 Å². The number of nitrogens with one attached hydrogen (secondary N) is 1. The number of anilines is 1. The number of ketones is 1. The van der Waals surface area contributed by atoms with Gasteiger partial charge in [-0.15, -0.1) is 0 Å². The van der Waals surface area contributed by atoms with E-state index in [1.165, 1.54) is 17.7 Å². The minimum absolute atomic E-state index is 0.234. The Morgan fingerprint density at radius 3 is 2.63 bits per heavy atom. The van der Waals surface area contributed by atoms with Gasteiger partial charge < -0.3 is 5.32 Å². The molecule has 1 fully saturated rings. The van der Waals surface area contributed by atoms with Crippen LogP contribution in [-0.2, 0) is 6.42 Å². The fraction of sp³-hybridized carbons (Fsp3) is 0.588. The Morgan fingerprint density at radius 1 is 1.16 bits per heavy atom. The molecule has 2 unspecified atom stereocenters. The van der Waals surface area contributed by atoms with Gasteiger partial charge in [0, 0.05) is 23.7 Å². The van der Waals surface area contributed by atoms with Gasteiger partial charge >= 0.3 is 0 Å². The van der Waals surface area contributed by atoms with E-state index >= 15 is 0 Å². The second kappa shape index (κ2) is 4.99. The smallest absolute Gasteiger partial charge is 0.166 e. The van der Waals surface area contributed by atoms with Crippen molar-refractivity contribution in [3.8, 4) is 0 Å². The van der Waals surface area contributed by atoms with Gasteiger partial charge in [-0.3, -0.25) is 4.79 Å². The molecule has 0 radical (unpaired) electrons. The molecule has 0 spiro atoms. The highest BCUT2D eigenvalue weighted by molar-refractivity contribution is 5.99. The Morgan fingerprint density at radius 2 is 1.89 bits per heavy atom. The summed E-state index contributed by atoms with van der Waals surface area (Å²) in [4.78, 5) is 12.7. The van der Waals surface area contributed by atoms with Gasteiger partial charge in [-0.1, -0.05) is 26.0 Å². The van der Waals surface area contributed by atoms with Crippen molar-refractivity contribution in [2.45, 2.75) is 39.5 Å². The first kappa shape index (κ1) is 12.7. The van der Waals surface area contributed by atoms with Crippen LogP contribution in [0.15, 0.2) is 18.2 Å². The summed E-state index contributed by atoms with van der Waals surface area (Å²) < 4.78 is 0. The molecule has 0 saturated heterocycles. The maximum Gasteiger partial charge on any atom is 0.166 e. The molecule has 1 aliphatic heterocycles. The third-order valence-corrected chi connectivity index (χ3v) is 4.65. The lowest BCUT2D eigenvalue weighted by Crippen LogP contribution is -2.26. The van der Waals surface area contributed by atoms with Crippen molar-refractivity contribution in [3.63, 3.8) is 0 Å². The summed E-state index contributed by atoms with van der Waals surface area (Å²) in [6.07, 6.45) is 4.48. The van der Waals surface area contributed by atoms with Crippen LogP contribution in [-0.4, -0.2) is 12.3 Å².